The number of benzene rings is 1. The molecule has 1 aliphatic heterocycles. The summed E-state index contributed by atoms with van der Waals surface area (Å²) in [4.78, 5) is 20.9. The van der Waals surface area contributed by atoms with E-state index in [0.29, 0.717) is 24.7 Å². The normalized spacial score (nSPS) is 21.7. The van der Waals surface area contributed by atoms with Gasteiger partial charge in [-0.3, -0.25) is 9.69 Å². The number of likely N-dealkylation sites (tertiary alicyclic amines) is 1. The first-order chi connectivity index (χ1) is 12.0. The van der Waals surface area contributed by atoms with E-state index in [0.717, 1.165) is 5.56 Å². The van der Waals surface area contributed by atoms with Gasteiger partial charge in [-0.2, -0.15) is 4.98 Å². The predicted molar refractivity (Wildman–Crippen MR) is 91.5 cm³/mol. The maximum Gasteiger partial charge on any atom is 0.249 e. The highest BCUT2D eigenvalue weighted by Crippen LogP contribution is 2.32. The number of aryl methyl sites for hydroxylation is 1. The standard InChI is InChI=1S/C18H24N4O3/c1-12(21(3)10-14-7-5-4-6-8-14)18(24)22-11-15(23)9-16(22)17-19-13(2)20-25-17/h4-8,12,15-16,23H,9-11H2,1-3H3/t12-,15+,16+/m0/s1. The molecule has 0 saturated carbocycles. The zero-order valence-electron chi connectivity index (χ0n) is 14.8. The third kappa shape index (κ3) is 3.88. The van der Waals surface area contributed by atoms with Gasteiger partial charge >= 0.3 is 0 Å². The Morgan fingerprint density at radius 2 is 2.16 bits per heavy atom. The second kappa shape index (κ2) is 7.33. The van der Waals surface area contributed by atoms with Gasteiger partial charge in [-0.25, -0.2) is 0 Å². The zero-order chi connectivity index (χ0) is 18.0. The molecule has 0 unspecified atom stereocenters. The van der Waals surface area contributed by atoms with E-state index in [2.05, 4.69) is 10.1 Å². The third-order valence-corrected chi connectivity index (χ3v) is 4.68. The summed E-state index contributed by atoms with van der Waals surface area (Å²) in [6.45, 7) is 4.58. The van der Waals surface area contributed by atoms with E-state index in [1.165, 1.54) is 0 Å². The molecule has 3 atom stereocenters. The molecule has 3 rings (SSSR count). The summed E-state index contributed by atoms with van der Waals surface area (Å²) in [7, 11) is 1.92. The Bertz CT molecular complexity index is 718. The van der Waals surface area contributed by atoms with Crippen LogP contribution >= 0.6 is 0 Å². The maximum absolute atomic E-state index is 13.0. The second-order valence-corrected chi connectivity index (χ2v) is 6.65. The number of rotatable bonds is 5. The molecule has 1 aliphatic rings. The summed E-state index contributed by atoms with van der Waals surface area (Å²) < 4.78 is 5.23. The molecule has 25 heavy (non-hydrogen) atoms. The van der Waals surface area contributed by atoms with Gasteiger partial charge in [-0.15, -0.1) is 0 Å². The number of aliphatic hydroxyl groups is 1. The minimum atomic E-state index is -0.576. The van der Waals surface area contributed by atoms with Gasteiger partial charge in [0.15, 0.2) is 5.82 Å². The minimum absolute atomic E-state index is 0.0455. The van der Waals surface area contributed by atoms with E-state index in [1.54, 1.807) is 11.8 Å². The molecule has 7 heteroatoms. The van der Waals surface area contributed by atoms with Crippen molar-refractivity contribution in [3.8, 4) is 0 Å². The van der Waals surface area contributed by atoms with Crippen molar-refractivity contribution in [3.63, 3.8) is 0 Å². The van der Waals surface area contributed by atoms with E-state index in [9.17, 15) is 9.90 Å². The van der Waals surface area contributed by atoms with Gasteiger partial charge in [0.05, 0.1) is 12.1 Å². The topological polar surface area (TPSA) is 82.7 Å². The summed E-state index contributed by atoms with van der Waals surface area (Å²) in [5.74, 6) is 0.870. The molecule has 1 aromatic heterocycles. The van der Waals surface area contributed by atoms with Gasteiger partial charge in [0, 0.05) is 19.5 Å². The predicted octanol–water partition coefficient (Wildman–Crippen LogP) is 1.53. The Labute approximate surface area is 147 Å². The number of hydrogen-bond acceptors (Lipinski definition) is 6. The van der Waals surface area contributed by atoms with Crippen LogP contribution in [0.4, 0.5) is 0 Å². The maximum atomic E-state index is 13.0. The summed E-state index contributed by atoms with van der Waals surface area (Å²) in [6.07, 6.45) is -0.157. The van der Waals surface area contributed by atoms with E-state index in [1.807, 2.05) is 49.2 Å². The van der Waals surface area contributed by atoms with Crippen LogP contribution in [0.15, 0.2) is 34.9 Å². The molecule has 1 saturated heterocycles. The highest BCUT2D eigenvalue weighted by Gasteiger charge is 2.40. The summed E-state index contributed by atoms with van der Waals surface area (Å²) in [5, 5.41) is 13.8. The van der Waals surface area contributed by atoms with Crippen molar-refractivity contribution in [2.75, 3.05) is 13.6 Å². The van der Waals surface area contributed by atoms with Crippen LogP contribution in [0.5, 0.6) is 0 Å². The molecule has 0 bridgehead atoms. The van der Waals surface area contributed by atoms with Crippen molar-refractivity contribution in [1.29, 1.82) is 0 Å². The molecular formula is C18H24N4O3. The number of likely N-dealkylation sites (N-methyl/N-ethyl adjacent to an activating group) is 1. The lowest BCUT2D eigenvalue weighted by Gasteiger charge is -2.30. The van der Waals surface area contributed by atoms with Gasteiger partial charge in [-0.1, -0.05) is 35.5 Å². The SMILES string of the molecule is Cc1noc([C@H]2C[C@@H](O)CN2C(=O)[C@H](C)N(C)Cc2ccccc2)n1. The van der Waals surface area contributed by atoms with Crippen LogP contribution in [0.25, 0.3) is 0 Å². The molecular weight excluding hydrogens is 320 g/mol. The smallest absolute Gasteiger partial charge is 0.249 e. The van der Waals surface area contributed by atoms with E-state index >= 15 is 0 Å². The monoisotopic (exact) mass is 344 g/mol. The van der Waals surface area contributed by atoms with Crippen LogP contribution in [0.2, 0.25) is 0 Å². The number of carbonyl (C=O) groups excluding carboxylic acids is 1. The van der Waals surface area contributed by atoms with Crippen molar-refractivity contribution in [3.05, 3.63) is 47.6 Å². The van der Waals surface area contributed by atoms with E-state index in [4.69, 9.17) is 4.52 Å². The Morgan fingerprint density at radius 1 is 1.44 bits per heavy atom. The van der Waals surface area contributed by atoms with Crippen molar-refractivity contribution in [2.45, 2.75) is 45.0 Å². The molecule has 1 amide bonds. The quantitative estimate of drug-likeness (QED) is 0.886. The molecule has 1 N–H and O–H groups in total. The lowest BCUT2D eigenvalue weighted by Crippen LogP contribution is -2.45. The third-order valence-electron chi connectivity index (χ3n) is 4.68. The molecule has 1 fully saturated rings. The van der Waals surface area contributed by atoms with Crippen LogP contribution in [0.1, 0.15) is 36.7 Å². The number of hydrogen-bond donors (Lipinski definition) is 1. The highest BCUT2D eigenvalue weighted by atomic mass is 16.5. The lowest BCUT2D eigenvalue weighted by molar-refractivity contribution is -0.137. The number of aliphatic hydroxyl groups excluding tert-OH is 1. The fourth-order valence-corrected chi connectivity index (χ4v) is 3.18. The van der Waals surface area contributed by atoms with Gasteiger partial charge < -0.3 is 14.5 Å². The summed E-state index contributed by atoms with van der Waals surface area (Å²) in [6, 6.07) is 9.34. The molecule has 2 heterocycles. The van der Waals surface area contributed by atoms with Crippen molar-refractivity contribution < 1.29 is 14.4 Å². The average Bonchev–Trinajstić information content (AvgIpc) is 3.20. The first kappa shape index (κ1) is 17.6. The van der Waals surface area contributed by atoms with Crippen LogP contribution in [0.3, 0.4) is 0 Å². The first-order valence-corrected chi connectivity index (χ1v) is 8.48. The fourth-order valence-electron chi connectivity index (χ4n) is 3.18. The Morgan fingerprint density at radius 3 is 2.80 bits per heavy atom. The van der Waals surface area contributed by atoms with Gasteiger partial charge in [0.25, 0.3) is 0 Å². The number of aromatic nitrogens is 2. The highest BCUT2D eigenvalue weighted by molar-refractivity contribution is 5.82. The molecule has 0 aliphatic carbocycles. The summed E-state index contributed by atoms with van der Waals surface area (Å²) in [5.41, 5.74) is 1.15. The number of amides is 1. The first-order valence-electron chi connectivity index (χ1n) is 8.48. The number of nitrogens with zero attached hydrogens (tertiary/aromatic N) is 4. The molecule has 7 nitrogen and oxygen atoms in total. The van der Waals surface area contributed by atoms with Gasteiger partial charge in [0.2, 0.25) is 11.8 Å². The van der Waals surface area contributed by atoms with Gasteiger partial charge in [-0.05, 0) is 26.5 Å². The van der Waals surface area contributed by atoms with Crippen molar-refractivity contribution in [2.24, 2.45) is 0 Å². The van der Waals surface area contributed by atoms with Crippen LogP contribution in [0, 0.1) is 6.92 Å². The Hall–Kier alpha value is -2.25. The lowest BCUT2D eigenvalue weighted by atomic mass is 10.1. The van der Waals surface area contributed by atoms with Crippen molar-refractivity contribution >= 4 is 5.91 Å². The molecule has 2 aromatic rings. The number of β-amino-alcohol motifs (C(OH)–C–C–N with tert-alkyl or cyclic N) is 1. The zero-order valence-corrected chi connectivity index (χ0v) is 14.8. The minimum Gasteiger partial charge on any atom is -0.391 e. The summed E-state index contributed by atoms with van der Waals surface area (Å²) >= 11 is 0. The van der Waals surface area contributed by atoms with Crippen LogP contribution in [-0.2, 0) is 11.3 Å². The Kier molecular flexibility index (Phi) is 5.15. The second-order valence-electron chi connectivity index (χ2n) is 6.65. The molecule has 0 radical (unpaired) electrons. The Balaban J connectivity index is 1.71. The van der Waals surface area contributed by atoms with E-state index in [-0.39, 0.29) is 24.5 Å². The molecule has 1 aromatic carbocycles. The molecule has 134 valence electrons. The van der Waals surface area contributed by atoms with Crippen LogP contribution in [-0.4, -0.2) is 56.7 Å². The van der Waals surface area contributed by atoms with Gasteiger partial charge in [0.1, 0.15) is 6.04 Å². The van der Waals surface area contributed by atoms with E-state index < -0.39 is 6.10 Å². The molecule has 0 spiro atoms. The number of carbonyl (C=O) groups is 1. The average molecular weight is 344 g/mol. The van der Waals surface area contributed by atoms with Crippen LogP contribution < -0.4 is 0 Å². The largest absolute Gasteiger partial charge is 0.391 e. The van der Waals surface area contributed by atoms with Crippen molar-refractivity contribution in [1.82, 2.24) is 19.9 Å². The fraction of sp³-hybridized carbons (Fsp3) is 0.500.